The maximum atomic E-state index is 13.2. The first kappa shape index (κ1) is 26.0. The van der Waals surface area contributed by atoms with Crippen molar-refractivity contribution in [2.75, 3.05) is 36.0 Å². The number of ether oxygens (including phenoxy) is 2. The Labute approximate surface area is 225 Å². The molecule has 0 fully saturated rings. The van der Waals surface area contributed by atoms with Gasteiger partial charge in [0, 0.05) is 49.1 Å². The van der Waals surface area contributed by atoms with Crippen molar-refractivity contribution in [1.82, 2.24) is 9.97 Å². The van der Waals surface area contributed by atoms with E-state index in [-0.39, 0.29) is 5.97 Å². The van der Waals surface area contributed by atoms with E-state index in [0.717, 1.165) is 74.4 Å². The molecule has 0 unspecified atom stereocenters. The molecule has 1 aromatic heterocycles. The van der Waals surface area contributed by atoms with Gasteiger partial charge in [-0.1, -0.05) is 44.9 Å². The SMILES string of the molecule is CCCCN(CCCC)c1nc(C)c2c(n1)Oc1cc(N(CC)CC)ccc1[C@@]21OC(=O)c2ccccc21. The first-order valence-electron chi connectivity index (χ1n) is 14.0. The van der Waals surface area contributed by atoms with Crippen LogP contribution in [0.15, 0.2) is 42.5 Å². The number of anilines is 2. The number of hydrogen-bond donors (Lipinski definition) is 0. The van der Waals surface area contributed by atoms with Gasteiger partial charge in [-0.3, -0.25) is 0 Å². The Morgan fingerprint density at radius 2 is 1.58 bits per heavy atom. The molecule has 0 radical (unpaired) electrons. The summed E-state index contributed by atoms with van der Waals surface area (Å²) in [5, 5.41) is 0. The number of aromatic nitrogens is 2. The fourth-order valence-electron chi connectivity index (χ4n) is 5.68. The zero-order chi connectivity index (χ0) is 26.9. The Kier molecular flexibility index (Phi) is 7.28. The van der Waals surface area contributed by atoms with Crippen molar-refractivity contribution in [3.63, 3.8) is 0 Å². The number of esters is 1. The van der Waals surface area contributed by atoms with Crippen molar-refractivity contribution in [2.45, 2.75) is 65.9 Å². The minimum absolute atomic E-state index is 0.344. The Bertz CT molecular complexity index is 1330. The molecule has 5 rings (SSSR count). The quantitative estimate of drug-likeness (QED) is 0.282. The second-order valence-electron chi connectivity index (χ2n) is 10.1. The second-order valence-corrected chi connectivity index (χ2v) is 10.1. The normalized spacial score (nSPS) is 16.9. The third kappa shape index (κ3) is 4.18. The van der Waals surface area contributed by atoms with Crippen LogP contribution in [0.25, 0.3) is 0 Å². The van der Waals surface area contributed by atoms with Crippen LogP contribution in [0.2, 0.25) is 0 Å². The number of hydrogen-bond acceptors (Lipinski definition) is 7. The predicted octanol–water partition coefficient (Wildman–Crippen LogP) is 6.61. The number of benzene rings is 2. The van der Waals surface area contributed by atoms with Gasteiger partial charge in [0.25, 0.3) is 0 Å². The summed E-state index contributed by atoms with van der Waals surface area (Å²) in [7, 11) is 0. The molecule has 2 aromatic carbocycles. The van der Waals surface area contributed by atoms with Crippen LogP contribution in [0.4, 0.5) is 11.6 Å². The number of aryl methyl sites for hydroxylation is 1. The van der Waals surface area contributed by atoms with Crippen molar-refractivity contribution >= 4 is 17.6 Å². The summed E-state index contributed by atoms with van der Waals surface area (Å²) < 4.78 is 12.9. The Hall–Kier alpha value is -3.61. The summed E-state index contributed by atoms with van der Waals surface area (Å²) >= 11 is 0. The molecule has 2 aliphatic heterocycles. The molecule has 38 heavy (non-hydrogen) atoms. The number of nitrogens with zero attached hydrogens (tertiary/aromatic N) is 4. The van der Waals surface area contributed by atoms with Crippen molar-refractivity contribution < 1.29 is 14.3 Å². The molecular formula is C31H38N4O3. The van der Waals surface area contributed by atoms with E-state index in [1.54, 1.807) is 0 Å². The van der Waals surface area contributed by atoms with Crippen LogP contribution in [-0.2, 0) is 10.3 Å². The molecular weight excluding hydrogens is 476 g/mol. The van der Waals surface area contributed by atoms with Crippen LogP contribution < -0.4 is 14.5 Å². The van der Waals surface area contributed by atoms with Gasteiger partial charge in [-0.15, -0.1) is 0 Å². The van der Waals surface area contributed by atoms with Gasteiger partial charge in [0.05, 0.1) is 16.8 Å². The molecule has 0 saturated heterocycles. The molecule has 0 bridgehead atoms. The molecule has 0 aliphatic carbocycles. The van der Waals surface area contributed by atoms with Crippen LogP contribution in [0.3, 0.4) is 0 Å². The molecule has 2 aliphatic rings. The Morgan fingerprint density at radius 3 is 2.26 bits per heavy atom. The molecule has 3 aromatic rings. The Morgan fingerprint density at radius 1 is 0.868 bits per heavy atom. The topological polar surface area (TPSA) is 67.8 Å². The molecule has 200 valence electrons. The number of carbonyl (C=O) groups excluding carboxylic acids is 1. The first-order chi connectivity index (χ1) is 18.5. The molecule has 7 nitrogen and oxygen atoms in total. The van der Waals surface area contributed by atoms with Crippen molar-refractivity contribution in [1.29, 1.82) is 0 Å². The van der Waals surface area contributed by atoms with E-state index in [1.165, 1.54) is 0 Å². The summed E-state index contributed by atoms with van der Waals surface area (Å²) in [6.45, 7) is 14.2. The summed E-state index contributed by atoms with van der Waals surface area (Å²) in [5.41, 5.74) is 3.53. The highest BCUT2D eigenvalue weighted by molar-refractivity contribution is 5.97. The third-order valence-corrected chi connectivity index (χ3v) is 7.69. The summed E-state index contributed by atoms with van der Waals surface area (Å²) in [4.78, 5) is 27.7. The van der Waals surface area contributed by atoms with Crippen molar-refractivity contribution in [3.8, 4) is 11.6 Å². The van der Waals surface area contributed by atoms with E-state index in [2.05, 4.69) is 43.6 Å². The molecule has 0 saturated carbocycles. The second kappa shape index (κ2) is 10.6. The first-order valence-corrected chi connectivity index (χ1v) is 14.0. The number of unbranched alkanes of at least 4 members (excludes halogenated alkanes) is 2. The summed E-state index contributed by atoms with van der Waals surface area (Å²) in [6.07, 6.45) is 4.32. The molecule has 3 heterocycles. The average molecular weight is 515 g/mol. The fourth-order valence-corrected chi connectivity index (χ4v) is 5.68. The predicted molar refractivity (Wildman–Crippen MR) is 151 cm³/mol. The van der Waals surface area contributed by atoms with Crippen LogP contribution in [0.1, 0.15) is 86.1 Å². The minimum Gasteiger partial charge on any atom is -0.440 e. The highest BCUT2D eigenvalue weighted by Gasteiger charge is 2.55. The standard InChI is InChI=1S/C31H38N4O3/c1-6-10-18-35(19-11-7-2)30-32-21(5)27-28(33-30)37-26-20-22(34(8-3)9-4)16-17-25(26)31(27)24-15-13-12-14-23(24)29(36)38-31/h12-17,20H,6-11,18-19H2,1-5H3/t31-/m1/s1. The van der Waals surface area contributed by atoms with Gasteiger partial charge in [-0.25, -0.2) is 9.78 Å². The van der Waals surface area contributed by atoms with Gasteiger partial charge in [-0.2, -0.15) is 4.98 Å². The highest BCUT2D eigenvalue weighted by Crippen LogP contribution is 2.57. The molecule has 0 N–H and O–H groups in total. The Balaban J connectivity index is 1.72. The lowest BCUT2D eigenvalue weighted by molar-refractivity contribution is 0.0218. The van der Waals surface area contributed by atoms with Gasteiger partial charge < -0.3 is 19.3 Å². The minimum atomic E-state index is -1.15. The van der Waals surface area contributed by atoms with E-state index >= 15 is 0 Å². The summed E-state index contributed by atoms with van der Waals surface area (Å²) in [5.74, 6) is 1.44. The van der Waals surface area contributed by atoms with Crippen molar-refractivity contribution in [3.05, 3.63) is 70.4 Å². The number of fused-ring (bicyclic) bond motifs is 6. The van der Waals surface area contributed by atoms with E-state index in [4.69, 9.17) is 19.4 Å². The smallest absolute Gasteiger partial charge is 0.340 e. The van der Waals surface area contributed by atoms with Gasteiger partial charge in [0.1, 0.15) is 5.75 Å². The van der Waals surface area contributed by atoms with Gasteiger partial charge >= 0.3 is 5.97 Å². The number of rotatable bonds is 10. The molecule has 1 atom stereocenters. The average Bonchev–Trinajstić information content (AvgIpc) is 3.21. The lowest BCUT2D eigenvalue weighted by atomic mass is 9.77. The van der Waals surface area contributed by atoms with Crippen molar-refractivity contribution in [2.24, 2.45) is 0 Å². The maximum Gasteiger partial charge on any atom is 0.340 e. The van der Waals surface area contributed by atoms with Gasteiger partial charge in [0.2, 0.25) is 11.8 Å². The van der Waals surface area contributed by atoms with Crippen LogP contribution >= 0.6 is 0 Å². The maximum absolute atomic E-state index is 13.2. The largest absolute Gasteiger partial charge is 0.440 e. The zero-order valence-electron chi connectivity index (χ0n) is 23.2. The lowest BCUT2D eigenvalue weighted by Gasteiger charge is -2.37. The fraction of sp³-hybridized carbons (Fsp3) is 0.452. The van der Waals surface area contributed by atoms with Crippen LogP contribution in [0, 0.1) is 6.92 Å². The van der Waals surface area contributed by atoms with E-state index < -0.39 is 5.60 Å². The lowest BCUT2D eigenvalue weighted by Crippen LogP contribution is -2.36. The van der Waals surface area contributed by atoms with E-state index in [0.29, 0.717) is 28.7 Å². The van der Waals surface area contributed by atoms with Crippen LogP contribution in [-0.4, -0.2) is 42.1 Å². The molecule has 0 amide bonds. The summed E-state index contributed by atoms with van der Waals surface area (Å²) in [6, 6.07) is 13.8. The van der Waals surface area contributed by atoms with E-state index in [9.17, 15) is 4.79 Å². The van der Waals surface area contributed by atoms with E-state index in [1.807, 2.05) is 43.3 Å². The van der Waals surface area contributed by atoms with Gasteiger partial charge in [0.15, 0.2) is 5.60 Å². The van der Waals surface area contributed by atoms with Gasteiger partial charge in [-0.05, 0) is 51.8 Å². The zero-order valence-corrected chi connectivity index (χ0v) is 23.2. The highest BCUT2D eigenvalue weighted by atomic mass is 16.6. The monoisotopic (exact) mass is 514 g/mol. The number of carbonyl (C=O) groups is 1. The molecule has 7 heteroatoms. The molecule has 1 spiro atoms. The third-order valence-electron chi connectivity index (χ3n) is 7.69. The van der Waals surface area contributed by atoms with Crippen LogP contribution in [0.5, 0.6) is 11.6 Å².